The molecule has 3 unspecified atom stereocenters. The number of ether oxygens (including phenoxy) is 5. The summed E-state index contributed by atoms with van der Waals surface area (Å²) >= 11 is 0. The first-order valence-corrected chi connectivity index (χ1v) is 28.3. The van der Waals surface area contributed by atoms with Gasteiger partial charge in [-0.05, 0) is 132 Å². The van der Waals surface area contributed by atoms with Crippen molar-refractivity contribution < 1.29 is 65.2 Å². The van der Waals surface area contributed by atoms with E-state index in [4.69, 9.17) is 23.7 Å². The number of esters is 1. The monoisotopic (exact) mass is 1080 g/mol. The van der Waals surface area contributed by atoms with Gasteiger partial charge >= 0.3 is 18.0 Å². The Kier molecular flexibility index (Phi) is 16.9. The van der Waals surface area contributed by atoms with Gasteiger partial charge in [0.05, 0.1) is 20.8 Å². The highest BCUT2D eigenvalue weighted by molar-refractivity contribution is 5.84. The van der Waals surface area contributed by atoms with Crippen molar-refractivity contribution in [1.82, 2.24) is 0 Å². The minimum absolute atomic E-state index is 0.0237. The highest BCUT2D eigenvalue weighted by Gasteiger charge is 2.62. The molecule has 1 amide bonds. The molecule has 0 spiro atoms. The summed E-state index contributed by atoms with van der Waals surface area (Å²) in [4.78, 5) is 43.5. The molecular formula is C64H78F4NO9+. The van der Waals surface area contributed by atoms with Gasteiger partial charge in [0.2, 0.25) is 23.4 Å². The summed E-state index contributed by atoms with van der Waals surface area (Å²) < 4.78 is 89.2. The molecule has 4 fully saturated rings. The van der Waals surface area contributed by atoms with Crippen LogP contribution in [0.1, 0.15) is 141 Å². The summed E-state index contributed by atoms with van der Waals surface area (Å²) in [6, 6.07) is 20.9. The standard InChI is InChI=1S/C64H77F4NO9/c1-39(2)13-11-14-40(3)50-28-29-51-49-27-22-44-35-48(30-32-62(44,4)52(49)31-33-63(50,51)5)77-61(73)69(55(37-56(70)71)60(72)78-59-57(67)53(65)36-54(66)58(59)68)34-12-17-45(69)38-76-64(41-15-9-8-10-16-41,42-18-23-46(74-6)24-19-42)43-20-25-47(75-7)26-21-43/h8-10,15-16,18-26,36,39-40,45,48-52,55H,11-14,17,27-35,37-38H2,1-7H3/p+1/t40-,45-,48-,49?,50-,51?,52?,55+,62+,63-,69-/m1/s1. The molecule has 0 radical (unpaired) electrons. The second-order valence-electron chi connectivity index (χ2n) is 24.1. The second kappa shape index (κ2) is 23.2. The lowest BCUT2D eigenvalue weighted by Crippen LogP contribution is -2.67. The van der Waals surface area contributed by atoms with Crippen LogP contribution in [0.3, 0.4) is 0 Å². The first kappa shape index (κ1) is 57.0. The van der Waals surface area contributed by atoms with Crippen LogP contribution in [0.25, 0.3) is 0 Å². The fraction of sp³-hybridized carbons (Fsp3) is 0.547. The molecule has 78 heavy (non-hydrogen) atoms. The van der Waals surface area contributed by atoms with E-state index in [2.05, 4.69) is 40.7 Å². The van der Waals surface area contributed by atoms with Crippen molar-refractivity contribution in [3.63, 3.8) is 0 Å². The van der Waals surface area contributed by atoms with Crippen molar-refractivity contribution in [3.05, 3.63) is 137 Å². The van der Waals surface area contributed by atoms with Gasteiger partial charge in [-0.1, -0.05) is 120 Å². The van der Waals surface area contributed by atoms with Crippen molar-refractivity contribution in [3.8, 4) is 17.2 Å². The number of fused-ring (bicyclic) bond motifs is 5. The Morgan fingerprint density at radius 1 is 0.769 bits per heavy atom. The fourth-order valence-electron chi connectivity index (χ4n) is 15.7. The van der Waals surface area contributed by atoms with Crippen LogP contribution < -0.4 is 14.2 Å². The second-order valence-corrected chi connectivity index (χ2v) is 24.1. The van der Waals surface area contributed by atoms with Gasteiger partial charge in [-0.25, -0.2) is 18.1 Å². The smallest absolute Gasteiger partial charge is 0.497 e. The van der Waals surface area contributed by atoms with E-state index in [9.17, 15) is 23.5 Å². The molecule has 0 bridgehead atoms. The predicted octanol–water partition coefficient (Wildman–Crippen LogP) is 14.5. The number of rotatable bonds is 19. The maximum absolute atomic E-state index is 15.7. The summed E-state index contributed by atoms with van der Waals surface area (Å²) in [6.07, 6.45) is 11.6. The third-order valence-corrected chi connectivity index (χ3v) is 19.7. The quantitative estimate of drug-likeness (QED) is 0.0186. The van der Waals surface area contributed by atoms with E-state index >= 15 is 13.6 Å². The zero-order valence-corrected chi connectivity index (χ0v) is 46.3. The summed E-state index contributed by atoms with van der Waals surface area (Å²) in [7, 11) is 3.11. The lowest BCUT2D eigenvalue weighted by atomic mass is 9.47. The van der Waals surface area contributed by atoms with Crippen molar-refractivity contribution in [2.75, 3.05) is 27.4 Å². The molecule has 4 aliphatic carbocycles. The van der Waals surface area contributed by atoms with E-state index in [0.717, 1.165) is 19.3 Å². The van der Waals surface area contributed by atoms with E-state index in [1.807, 2.05) is 54.6 Å². The number of benzene rings is 4. The third-order valence-electron chi connectivity index (χ3n) is 19.7. The molecule has 14 heteroatoms. The molecule has 9 rings (SSSR count). The van der Waals surface area contributed by atoms with E-state index in [1.165, 1.54) is 44.1 Å². The lowest BCUT2D eigenvalue weighted by molar-refractivity contribution is -0.886. The fourth-order valence-corrected chi connectivity index (χ4v) is 15.7. The van der Waals surface area contributed by atoms with Crippen molar-refractivity contribution in [2.24, 2.45) is 46.3 Å². The molecule has 1 N–H and O–H groups in total. The van der Waals surface area contributed by atoms with E-state index in [0.29, 0.717) is 82.0 Å². The SMILES string of the molecule is COc1ccc(C(OC[C@H]2CCC[N@+]2(C(=O)O[C@@H]2CC[C@@]3(C)C(=CCC4C3CC[C@@]3(C)C4CC[C@@H]3[C@H](C)CCCC(C)C)C2)[C@@H](CC(=O)O)C(=O)Oc2c(F)c(F)cc(F)c2F)(c2ccccc2)c2ccc(OC)cc2)cc1. The number of nitrogens with zero attached hydrogens (tertiary/aromatic N) is 1. The van der Waals surface area contributed by atoms with Gasteiger partial charge in [-0.2, -0.15) is 13.6 Å². The topological polar surface area (TPSA) is 118 Å². The molecule has 4 aromatic carbocycles. The van der Waals surface area contributed by atoms with Crippen LogP contribution in [0, 0.1) is 69.6 Å². The van der Waals surface area contributed by atoms with Crippen LogP contribution in [-0.2, 0) is 24.7 Å². The van der Waals surface area contributed by atoms with Gasteiger partial charge in [0.15, 0.2) is 11.6 Å². The van der Waals surface area contributed by atoms with Crippen molar-refractivity contribution >= 4 is 18.0 Å². The lowest BCUT2D eigenvalue weighted by Gasteiger charge is -2.58. The van der Waals surface area contributed by atoms with Gasteiger partial charge in [0.1, 0.15) is 42.3 Å². The van der Waals surface area contributed by atoms with Crippen molar-refractivity contribution in [1.29, 1.82) is 0 Å². The maximum atomic E-state index is 15.7. The van der Waals surface area contributed by atoms with Crippen LogP contribution in [0.15, 0.2) is 96.6 Å². The summed E-state index contributed by atoms with van der Waals surface area (Å²) in [5, 5.41) is 10.6. The Balaban J connectivity index is 1.06. The molecule has 11 atom stereocenters. The number of hydrogen-bond donors (Lipinski definition) is 1. The predicted molar refractivity (Wildman–Crippen MR) is 288 cm³/mol. The molecule has 1 aliphatic heterocycles. The summed E-state index contributed by atoms with van der Waals surface area (Å²) in [6.45, 7) is 11.6. The normalized spacial score (nSPS) is 28.4. The molecule has 420 valence electrons. The molecule has 3 saturated carbocycles. The number of carboxylic acids is 1. The number of aliphatic carboxylic acids is 1. The van der Waals surface area contributed by atoms with E-state index in [-0.39, 0.29) is 37.5 Å². The van der Waals surface area contributed by atoms with Crippen LogP contribution >= 0.6 is 0 Å². The largest absolute Gasteiger partial charge is 0.517 e. The Morgan fingerprint density at radius 2 is 1.40 bits per heavy atom. The summed E-state index contributed by atoms with van der Waals surface area (Å²) in [5.41, 5.74) is 2.03. The number of halogens is 4. The number of methoxy groups -OCH3 is 2. The number of carbonyl (C=O) groups is 3. The van der Waals surface area contributed by atoms with Crippen molar-refractivity contribution in [2.45, 2.75) is 148 Å². The molecule has 0 aromatic heterocycles. The number of quaternary nitrogens is 1. The zero-order chi connectivity index (χ0) is 55.7. The Bertz CT molecular complexity index is 2750. The molecule has 4 aromatic rings. The highest BCUT2D eigenvalue weighted by Crippen LogP contribution is 2.67. The van der Waals surface area contributed by atoms with Gasteiger partial charge in [0.25, 0.3) is 0 Å². The minimum Gasteiger partial charge on any atom is -0.497 e. The first-order chi connectivity index (χ1) is 37.3. The number of carboxylic acid groups (broad SMARTS) is 1. The third kappa shape index (κ3) is 10.5. The van der Waals surface area contributed by atoms with Crippen LogP contribution in [-0.4, -0.2) is 73.2 Å². The minimum atomic E-state index is -2.02. The van der Waals surface area contributed by atoms with Gasteiger partial charge < -0.3 is 28.8 Å². The van der Waals surface area contributed by atoms with Crippen LogP contribution in [0.2, 0.25) is 0 Å². The average molecular weight is 1080 g/mol. The maximum Gasteiger partial charge on any atom is 0.517 e. The Morgan fingerprint density at radius 3 is 2.00 bits per heavy atom. The average Bonchev–Trinajstić information content (AvgIpc) is 4.19. The van der Waals surface area contributed by atoms with E-state index < -0.39 is 81.7 Å². The van der Waals surface area contributed by atoms with Gasteiger partial charge in [0, 0.05) is 25.3 Å². The Hall–Kier alpha value is -5.73. The molecule has 5 aliphatic rings. The zero-order valence-electron chi connectivity index (χ0n) is 46.3. The number of likely N-dealkylation sites (tertiary alicyclic amines) is 1. The van der Waals surface area contributed by atoms with Gasteiger partial charge in [-0.3, -0.25) is 4.79 Å². The number of hydrogen-bond acceptors (Lipinski definition) is 8. The first-order valence-electron chi connectivity index (χ1n) is 28.3. The Labute approximate surface area is 457 Å². The number of amides is 1. The van der Waals surface area contributed by atoms with Crippen LogP contribution in [0.5, 0.6) is 17.2 Å². The molecule has 1 heterocycles. The summed E-state index contributed by atoms with van der Waals surface area (Å²) in [5.74, 6) is -7.49. The molecule has 10 nitrogen and oxygen atoms in total. The number of carbonyl (C=O) groups excluding carboxylic acids is 2. The highest BCUT2D eigenvalue weighted by atomic mass is 19.2. The number of allylic oxidation sites excluding steroid dienone is 1. The molecular weight excluding hydrogens is 1000 g/mol. The van der Waals surface area contributed by atoms with Gasteiger partial charge in [-0.15, -0.1) is 0 Å². The van der Waals surface area contributed by atoms with E-state index in [1.54, 1.807) is 38.5 Å². The molecule has 1 saturated heterocycles. The van der Waals surface area contributed by atoms with Crippen LogP contribution in [0.4, 0.5) is 22.4 Å².